The fourth-order valence-corrected chi connectivity index (χ4v) is 3.30. The number of rotatable bonds is 8. The Labute approximate surface area is 127 Å². The van der Waals surface area contributed by atoms with Crippen molar-refractivity contribution in [3.05, 3.63) is 0 Å². The van der Waals surface area contributed by atoms with Crippen LogP contribution in [0.25, 0.3) is 0 Å². The second kappa shape index (κ2) is 7.53. The number of nitrogens with two attached hydrogens (primary N) is 1. The molecule has 0 aromatic heterocycles. The predicted octanol–water partition coefficient (Wildman–Crippen LogP) is -0.803. The molecule has 0 aromatic rings. The maximum atomic E-state index is 11.4. The third kappa shape index (κ3) is 5.54. The fraction of sp³-hybridized carbons (Fsp3) is 0.923. The summed E-state index contributed by atoms with van der Waals surface area (Å²) in [5.74, 6) is -0.327. The van der Waals surface area contributed by atoms with Crippen molar-refractivity contribution in [3.63, 3.8) is 0 Å². The Morgan fingerprint density at radius 3 is 2.24 bits per heavy atom. The van der Waals surface area contributed by atoms with Gasteiger partial charge in [-0.05, 0) is 39.8 Å². The Morgan fingerprint density at radius 1 is 1.24 bits per heavy atom. The number of unbranched alkanes of at least 4 members (excludes halogenated alkanes) is 1. The summed E-state index contributed by atoms with van der Waals surface area (Å²) in [4.78, 5) is 13.6. The van der Waals surface area contributed by atoms with E-state index in [1.54, 1.807) is 7.05 Å². The average Bonchev–Trinajstić information content (AvgIpc) is 2.42. The molecule has 0 aliphatic carbocycles. The normalized spacial score (nSPS) is 21.1. The van der Waals surface area contributed by atoms with Crippen LogP contribution in [0.2, 0.25) is 0 Å². The molecular formula is C13H28N4O3S. The maximum Gasteiger partial charge on any atom is 0.237 e. The monoisotopic (exact) mass is 320 g/mol. The summed E-state index contributed by atoms with van der Waals surface area (Å²) in [6.07, 6.45) is 3.85. The minimum absolute atomic E-state index is 0.327. The first kappa shape index (κ1) is 18.3. The minimum atomic E-state index is -3.06. The van der Waals surface area contributed by atoms with Crippen LogP contribution < -0.4 is 11.1 Å². The first-order valence-electron chi connectivity index (χ1n) is 7.35. The Bertz CT molecular complexity index is 446. The fourth-order valence-electron chi connectivity index (χ4n) is 2.47. The zero-order chi connectivity index (χ0) is 16.1. The van der Waals surface area contributed by atoms with E-state index in [0.717, 1.165) is 32.5 Å². The summed E-state index contributed by atoms with van der Waals surface area (Å²) in [5, 5.41) is 2.98. The number of amides is 1. The van der Waals surface area contributed by atoms with Gasteiger partial charge in [0.15, 0.2) is 0 Å². The van der Waals surface area contributed by atoms with Gasteiger partial charge in [0.2, 0.25) is 15.9 Å². The molecule has 1 atom stereocenters. The van der Waals surface area contributed by atoms with Gasteiger partial charge in [-0.2, -0.15) is 4.31 Å². The van der Waals surface area contributed by atoms with E-state index in [0.29, 0.717) is 19.5 Å². The third-order valence-electron chi connectivity index (χ3n) is 4.30. The van der Waals surface area contributed by atoms with Crippen LogP contribution in [0, 0.1) is 0 Å². The van der Waals surface area contributed by atoms with Crippen LogP contribution in [-0.4, -0.2) is 75.1 Å². The molecular weight excluding hydrogens is 292 g/mol. The number of carbonyl (C=O) groups is 1. The van der Waals surface area contributed by atoms with Crippen molar-refractivity contribution >= 4 is 15.9 Å². The first-order valence-corrected chi connectivity index (χ1v) is 9.20. The Balaban J connectivity index is 2.25. The molecule has 7 nitrogen and oxygen atoms in total. The molecule has 1 saturated heterocycles. The van der Waals surface area contributed by atoms with Crippen LogP contribution in [0.3, 0.4) is 0 Å². The molecule has 0 aromatic carbocycles. The average molecular weight is 320 g/mol. The summed E-state index contributed by atoms with van der Waals surface area (Å²) < 4.78 is 24.4. The van der Waals surface area contributed by atoms with Gasteiger partial charge in [0.05, 0.1) is 11.8 Å². The largest absolute Gasteiger partial charge is 0.368 e. The molecule has 0 bridgehead atoms. The molecule has 1 heterocycles. The van der Waals surface area contributed by atoms with E-state index in [1.807, 2.05) is 6.92 Å². The molecule has 1 aliphatic rings. The summed E-state index contributed by atoms with van der Waals surface area (Å²) in [6.45, 7) is 5.41. The van der Waals surface area contributed by atoms with Crippen LogP contribution in [0.5, 0.6) is 0 Å². The molecule has 0 spiro atoms. The second-order valence-corrected chi connectivity index (χ2v) is 7.89. The van der Waals surface area contributed by atoms with Crippen molar-refractivity contribution in [2.45, 2.75) is 31.7 Å². The number of nitrogens with zero attached hydrogens (tertiary/aromatic N) is 2. The second-order valence-electron chi connectivity index (χ2n) is 5.91. The van der Waals surface area contributed by atoms with Gasteiger partial charge in [-0.1, -0.05) is 0 Å². The Morgan fingerprint density at radius 2 is 1.81 bits per heavy atom. The third-order valence-corrected chi connectivity index (χ3v) is 5.60. The lowest BCUT2D eigenvalue weighted by atomic mass is 9.94. The summed E-state index contributed by atoms with van der Waals surface area (Å²) in [7, 11) is -1.31. The summed E-state index contributed by atoms with van der Waals surface area (Å²) in [5.41, 5.74) is 4.74. The Kier molecular flexibility index (Phi) is 6.58. The van der Waals surface area contributed by atoms with E-state index in [2.05, 4.69) is 10.2 Å². The van der Waals surface area contributed by atoms with E-state index in [-0.39, 0.29) is 5.91 Å². The van der Waals surface area contributed by atoms with E-state index < -0.39 is 15.6 Å². The highest BCUT2D eigenvalue weighted by atomic mass is 32.2. The van der Waals surface area contributed by atoms with Gasteiger partial charge >= 0.3 is 0 Å². The van der Waals surface area contributed by atoms with E-state index in [1.165, 1.54) is 10.6 Å². The van der Waals surface area contributed by atoms with Gasteiger partial charge in [-0.3, -0.25) is 4.79 Å². The number of sulfonamides is 1. The molecule has 3 N–H and O–H groups in total. The van der Waals surface area contributed by atoms with Gasteiger partial charge in [-0.15, -0.1) is 0 Å². The van der Waals surface area contributed by atoms with E-state index in [9.17, 15) is 13.2 Å². The number of piperazine rings is 1. The highest BCUT2D eigenvalue weighted by molar-refractivity contribution is 7.88. The lowest BCUT2D eigenvalue weighted by Gasteiger charge is -2.33. The zero-order valence-electron chi connectivity index (χ0n) is 13.3. The van der Waals surface area contributed by atoms with Gasteiger partial charge in [0.25, 0.3) is 0 Å². The van der Waals surface area contributed by atoms with Gasteiger partial charge in [0.1, 0.15) is 0 Å². The van der Waals surface area contributed by atoms with Crippen molar-refractivity contribution in [2.75, 3.05) is 46.0 Å². The number of hydrogen-bond acceptors (Lipinski definition) is 5. The number of nitrogens with one attached hydrogen (secondary N) is 1. The molecule has 124 valence electrons. The molecule has 21 heavy (non-hydrogen) atoms. The Hall–Kier alpha value is -0.700. The summed E-state index contributed by atoms with van der Waals surface area (Å²) >= 11 is 0. The molecule has 0 radical (unpaired) electrons. The number of hydrogen-bond donors (Lipinski definition) is 2. The number of carbonyl (C=O) groups excluding carboxylic acids is 1. The van der Waals surface area contributed by atoms with Gasteiger partial charge in [0, 0.05) is 26.2 Å². The standard InChI is InChI=1S/C13H28N4O3S/c1-13(15-2,12(14)18)6-4-5-7-16-8-10-17(11-9-16)21(3,19)20/h15H,4-11H2,1-3H3,(H2,14,18). The van der Waals surface area contributed by atoms with Crippen LogP contribution in [-0.2, 0) is 14.8 Å². The van der Waals surface area contributed by atoms with Crippen molar-refractivity contribution in [3.8, 4) is 0 Å². The predicted molar refractivity (Wildman–Crippen MR) is 83.4 cm³/mol. The van der Waals surface area contributed by atoms with Gasteiger partial charge < -0.3 is 16.0 Å². The number of primary amides is 1. The van der Waals surface area contributed by atoms with Crippen molar-refractivity contribution in [2.24, 2.45) is 5.73 Å². The molecule has 1 unspecified atom stereocenters. The SMILES string of the molecule is CNC(C)(CCCCN1CCN(S(C)(=O)=O)CC1)C(N)=O. The first-order chi connectivity index (χ1) is 9.69. The molecule has 8 heteroatoms. The molecule has 1 fully saturated rings. The maximum absolute atomic E-state index is 11.4. The van der Waals surface area contributed by atoms with E-state index in [4.69, 9.17) is 5.73 Å². The number of likely N-dealkylation sites (N-methyl/N-ethyl adjacent to an activating group) is 1. The van der Waals surface area contributed by atoms with Gasteiger partial charge in [-0.25, -0.2) is 8.42 Å². The van der Waals surface area contributed by atoms with Crippen LogP contribution in [0.4, 0.5) is 0 Å². The molecule has 0 saturated carbocycles. The lowest BCUT2D eigenvalue weighted by Crippen LogP contribution is -2.51. The molecule has 1 aliphatic heterocycles. The quantitative estimate of drug-likeness (QED) is 0.571. The van der Waals surface area contributed by atoms with E-state index >= 15 is 0 Å². The van der Waals surface area contributed by atoms with Crippen LogP contribution in [0.1, 0.15) is 26.2 Å². The van der Waals surface area contributed by atoms with Crippen molar-refractivity contribution in [1.82, 2.24) is 14.5 Å². The molecule has 1 amide bonds. The minimum Gasteiger partial charge on any atom is -0.368 e. The lowest BCUT2D eigenvalue weighted by molar-refractivity contribution is -0.123. The highest BCUT2D eigenvalue weighted by Crippen LogP contribution is 2.14. The summed E-state index contributed by atoms with van der Waals surface area (Å²) in [6, 6.07) is 0. The smallest absolute Gasteiger partial charge is 0.237 e. The van der Waals surface area contributed by atoms with Crippen molar-refractivity contribution in [1.29, 1.82) is 0 Å². The van der Waals surface area contributed by atoms with Crippen molar-refractivity contribution < 1.29 is 13.2 Å². The zero-order valence-corrected chi connectivity index (χ0v) is 14.1. The van der Waals surface area contributed by atoms with Crippen LogP contribution in [0.15, 0.2) is 0 Å². The highest BCUT2D eigenvalue weighted by Gasteiger charge is 2.28. The van der Waals surface area contributed by atoms with Crippen LogP contribution >= 0.6 is 0 Å². The topological polar surface area (TPSA) is 95.7 Å². The molecule has 1 rings (SSSR count).